The van der Waals surface area contributed by atoms with E-state index in [1.165, 1.54) is 18.1 Å². The SMILES string of the molecule is CC(C)(C)C(=O)OC1C(O)[C@@H](CO)O[C@H]1n1c(SCCCO)nc2c(N)ncnc21. The Kier molecular flexibility index (Phi) is 6.82. The first-order valence-corrected chi connectivity index (χ1v) is 10.5. The van der Waals surface area contributed by atoms with Crippen LogP contribution in [-0.4, -0.2) is 78.1 Å². The van der Waals surface area contributed by atoms with E-state index in [2.05, 4.69) is 15.0 Å². The maximum absolute atomic E-state index is 12.5. The Balaban J connectivity index is 2.06. The highest BCUT2D eigenvalue weighted by Gasteiger charge is 2.49. The number of nitrogen functional groups attached to an aromatic ring is 1. The number of hydrogen-bond donors (Lipinski definition) is 4. The number of carbonyl (C=O) groups excluding carboxylic acids is 1. The van der Waals surface area contributed by atoms with Crippen molar-refractivity contribution in [2.45, 2.75) is 56.9 Å². The van der Waals surface area contributed by atoms with Crippen LogP contribution < -0.4 is 5.73 Å². The number of esters is 1. The fourth-order valence-corrected chi connectivity index (χ4v) is 3.91. The second-order valence-corrected chi connectivity index (χ2v) is 9.04. The summed E-state index contributed by atoms with van der Waals surface area (Å²) in [6, 6.07) is 0. The Labute approximate surface area is 177 Å². The minimum Gasteiger partial charge on any atom is -0.454 e. The number of ether oxygens (including phenoxy) is 2. The first-order chi connectivity index (χ1) is 14.2. The van der Waals surface area contributed by atoms with Crippen LogP contribution in [0, 0.1) is 5.41 Å². The van der Waals surface area contributed by atoms with Gasteiger partial charge in [-0.1, -0.05) is 11.8 Å². The number of imidazole rings is 1. The number of anilines is 1. The highest BCUT2D eigenvalue weighted by molar-refractivity contribution is 7.99. The molecule has 4 atom stereocenters. The van der Waals surface area contributed by atoms with Crippen molar-refractivity contribution >= 4 is 34.7 Å². The van der Waals surface area contributed by atoms with Gasteiger partial charge in [0.05, 0.1) is 12.0 Å². The van der Waals surface area contributed by atoms with E-state index in [0.29, 0.717) is 28.5 Å². The normalized spacial score (nSPS) is 24.5. The van der Waals surface area contributed by atoms with Gasteiger partial charge in [-0.25, -0.2) is 15.0 Å². The predicted molar refractivity (Wildman–Crippen MR) is 108 cm³/mol. The standard InChI is InChI=1S/C18H27N5O6S/c1-18(2,3)16(27)29-12-11(26)9(7-25)28-15(12)23-14-10(13(19)20-8-21-14)22-17(23)30-6-4-5-24/h8-9,11-12,15,24-26H,4-7H2,1-3H3,(H2,19,20,21)/t9-,11?,12?,15-/m1/s1. The molecule has 2 unspecified atom stereocenters. The van der Waals surface area contributed by atoms with Crippen LogP contribution >= 0.6 is 11.8 Å². The van der Waals surface area contributed by atoms with Gasteiger partial charge < -0.3 is 30.5 Å². The van der Waals surface area contributed by atoms with Crippen LogP contribution in [-0.2, 0) is 14.3 Å². The zero-order valence-electron chi connectivity index (χ0n) is 17.1. The van der Waals surface area contributed by atoms with Gasteiger partial charge in [-0.2, -0.15) is 0 Å². The van der Waals surface area contributed by atoms with Gasteiger partial charge in [-0.3, -0.25) is 9.36 Å². The highest BCUT2D eigenvalue weighted by Crippen LogP contribution is 2.38. The molecule has 0 saturated carbocycles. The van der Waals surface area contributed by atoms with Crippen molar-refractivity contribution in [3.8, 4) is 0 Å². The van der Waals surface area contributed by atoms with Crippen molar-refractivity contribution in [2.75, 3.05) is 24.7 Å². The third-order valence-electron chi connectivity index (χ3n) is 4.61. The summed E-state index contributed by atoms with van der Waals surface area (Å²) in [5.74, 6) is 0.202. The van der Waals surface area contributed by atoms with Crippen LogP contribution in [0.3, 0.4) is 0 Å². The van der Waals surface area contributed by atoms with Gasteiger partial charge in [0.2, 0.25) is 0 Å². The van der Waals surface area contributed by atoms with Gasteiger partial charge in [0.25, 0.3) is 0 Å². The number of hydrogen-bond acceptors (Lipinski definition) is 11. The van der Waals surface area contributed by atoms with E-state index >= 15 is 0 Å². The van der Waals surface area contributed by atoms with E-state index in [1.54, 1.807) is 25.3 Å². The van der Waals surface area contributed by atoms with Gasteiger partial charge in [0, 0.05) is 12.4 Å². The second-order valence-electron chi connectivity index (χ2n) is 7.98. The number of aliphatic hydroxyl groups excluding tert-OH is 3. The molecule has 0 radical (unpaired) electrons. The lowest BCUT2D eigenvalue weighted by molar-refractivity contribution is -0.168. The maximum atomic E-state index is 12.5. The molecule has 30 heavy (non-hydrogen) atoms. The van der Waals surface area contributed by atoms with Crippen molar-refractivity contribution in [1.29, 1.82) is 0 Å². The third-order valence-corrected chi connectivity index (χ3v) is 5.65. The molecule has 3 rings (SSSR count). The van der Waals surface area contributed by atoms with Gasteiger partial charge in [-0.15, -0.1) is 0 Å². The number of aliphatic hydroxyl groups is 3. The van der Waals surface area contributed by atoms with Gasteiger partial charge >= 0.3 is 5.97 Å². The Bertz CT molecular complexity index is 901. The van der Waals surface area contributed by atoms with Crippen LogP contribution in [0.4, 0.5) is 5.82 Å². The van der Waals surface area contributed by atoms with Crippen molar-refractivity contribution < 1.29 is 29.6 Å². The lowest BCUT2D eigenvalue weighted by atomic mass is 9.97. The summed E-state index contributed by atoms with van der Waals surface area (Å²) in [5, 5.41) is 29.9. The van der Waals surface area contributed by atoms with Crippen molar-refractivity contribution in [3.05, 3.63) is 6.33 Å². The molecule has 1 saturated heterocycles. The molecule has 0 spiro atoms. The summed E-state index contributed by atoms with van der Waals surface area (Å²) in [7, 11) is 0. The fraction of sp³-hybridized carbons (Fsp3) is 0.667. The molecule has 0 aliphatic carbocycles. The van der Waals surface area contributed by atoms with Crippen LogP contribution in [0.1, 0.15) is 33.4 Å². The first kappa shape index (κ1) is 22.7. The highest BCUT2D eigenvalue weighted by atomic mass is 32.2. The Hall–Kier alpha value is -1.99. The summed E-state index contributed by atoms with van der Waals surface area (Å²) >= 11 is 1.33. The van der Waals surface area contributed by atoms with Crippen LogP contribution in [0.5, 0.6) is 0 Å². The Morgan fingerprint density at radius 2 is 2.10 bits per heavy atom. The van der Waals surface area contributed by atoms with Crippen molar-refractivity contribution in [1.82, 2.24) is 19.5 Å². The minimum absolute atomic E-state index is 0.0201. The molecule has 12 heteroatoms. The van der Waals surface area contributed by atoms with Crippen LogP contribution in [0.25, 0.3) is 11.2 Å². The van der Waals surface area contributed by atoms with E-state index in [9.17, 15) is 15.0 Å². The number of nitrogens with zero attached hydrogens (tertiary/aromatic N) is 4. The molecule has 0 amide bonds. The molecule has 2 aromatic heterocycles. The Morgan fingerprint density at radius 1 is 1.37 bits per heavy atom. The molecule has 3 heterocycles. The van der Waals surface area contributed by atoms with Crippen molar-refractivity contribution in [3.63, 3.8) is 0 Å². The number of carbonyl (C=O) groups is 1. The van der Waals surface area contributed by atoms with Crippen LogP contribution in [0.15, 0.2) is 11.5 Å². The van der Waals surface area contributed by atoms with Crippen LogP contribution in [0.2, 0.25) is 0 Å². The Morgan fingerprint density at radius 3 is 2.73 bits per heavy atom. The number of rotatable bonds is 7. The summed E-state index contributed by atoms with van der Waals surface area (Å²) in [4.78, 5) is 25.2. The zero-order valence-corrected chi connectivity index (χ0v) is 17.9. The minimum atomic E-state index is -1.25. The summed E-state index contributed by atoms with van der Waals surface area (Å²) < 4.78 is 13.1. The average molecular weight is 442 g/mol. The van der Waals surface area contributed by atoms with E-state index in [0.717, 1.165) is 0 Å². The molecule has 1 fully saturated rings. The number of fused-ring (bicyclic) bond motifs is 1. The van der Waals surface area contributed by atoms with Gasteiger partial charge in [0.1, 0.15) is 18.5 Å². The monoisotopic (exact) mass is 441 g/mol. The lowest BCUT2D eigenvalue weighted by Gasteiger charge is -2.26. The molecule has 0 aromatic carbocycles. The summed E-state index contributed by atoms with van der Waals surface area (Å²) in [6.07, 6.45) is -2.48. The summed E-state index contributed by atoms with van der Waals surface area (Å²) in [6.45, 7) is 4.66. The molecule has 0 bridgehead atoms. The molecule has 1 aliphatic heterocycles. The van der Waals surface area contributed by atoms with E-state index < -0.39 is 42.5 Å². The largest absolute Gasteiger partial charge is 0.454 e. The molecular formula is C18H27N5O6S. The topological polar surface area (TPSA) is 166 Å². The molecular weight excluding hydrogens is 414 g/mol. The molecule has 2 aromatic rings. The molecule has 5 N–H and O–H groups in total. The lowest BCUT2D eigenvalue weighted by Crippen LogP contribution is -2.39. The zero-order chi connectivity index (χ0) is 22.1. The third kappa shape index (κ3) is 4.37. The van der Waals surface area contributed by atoms with E-state index in [1.807, 2.05) is 0 Å². The summed E-state index contributed by atoms with van der Waals surface area (Å²) in [5.41, 5.74) is 5.84. The number of thioether (sulfide) groups is 1. The van der Waals surface area contributed by atoms with E-state index in [4.69, 9.17) is 20.3 Å². The molecule has 1 aliphatic rings. The second kappa shape index (κ2) is 9.02. The molecule has 11 nitrogen and oxygen atoms in total. The maximum Gasteiger partial charge on any atom is 0.311 e. The number of nitrogens with two attached hydrogens (primary N) is 1. The van der Waals surface area contributed by atoms with Gasteiger partial charge in [0.15, 0.2) is 34.5 Å². The predicted octanol–water partition coefficient (Wildman–Crippen LogP) is 0.0915. The fourth-order valence-electron chi connectivity index (χ4n) is 2.97. The quantitative estimate of drug-likeness (QED) is 0.261. The van der Waals surface area contributed by atoms with Gasteiger partial charge in [-0.05, 0) is 27.2 Å². The van der Waals surface area contributed by atoms with E-state index in [-0.39, 0.29) is 12.4 Å². The first-order valence-electron chi connectivity index (χ1n) is 9.56. The molecule has 166 valence electrons. The smallest absolute Gasteiger partial charge is 0.311 e. The average Bonchev–Trinajstić information content (AvgIpc) is 3.20. The van der Waals surface area contributed by atoms with Crippen molar-refractivity contribution in [2.24, 2.45) is 5.41 Å². The number of aromatic nitrogens is 4.